The summed E-state index contributed by atoms with van der Waals surface area (Å²) in [5.41, 5.74) is 7.42. The van der Waals surface area contributed by atoms with Gasteiger partial charge in [-0.1, -0.05) is 5.16 Å². The summed E-state index contributed by atoms with van der Waals surface area (Å²) >= 11 is 3.27. The predicted molar refractivity (Wildman–Crippen MR) is 75.0 cm³/mol. The van der Waals surface area contributed by atoms with Crippen molar-refractivity contribution in [1.29, 1.82) is 0 Å². The number of hydrogen-bond donors (Lipinski definition) is 1. The van der Waals surface area contributed by atoms with Gasteiger partial charge in [0.2, 0.25) is 5.82 Å². The van der Waals surface area contributed by atoms with Gasteiger partial charge in [0.05, 0.1) is 11.3 Å². The van der Waals surface area contributed by atoms with Gasteiger partial charge in [-0.2, -0.15) is 4.98 Å². The van der Waals surface area contributed by atoms with Crippen LogP contribution in [-0.4, -0.2) is 15.1 Å². The second kappa shape index (κ2) is 5.01. The van der Waals surface area contributed by atoms with Crippen molar-refractivity contribution in [3.8, 4) is 22.8 Å². The number of nitrogen functional groups attached to an aromatic ring is 1. The van der Waals surface area contributed by atoms with Crippen LogP contribution in [0.15, 0.2) is 45.7 Å². The van der Waals surface area contributed by atoms with Gasteiger partial charge in [-0.25, -0.2) is 4.39 Å². The fraction of sp³-hybridized carbons (Fsp3) is 0. The van der Waals surface area contributed by atoms with Crippen LogP contribution in [0, 0.1) is 5.82 Å². The minimum atomic E-state index is -0.343. The maximum absolute atomic E-state index is 13.1. The molecular weight excluding hydrogens is 327 g/mol. The quantitative estimate of drug-likeness (QED) is 0.778. The van der Waals surface area contributed by atoms with Crippen LogP contribution in [0.5, 0.6) is 0 Å². The average Bonchev–Trinajstić information content (AvgIpc) is 2.88. The predicted octanol–water partition coefficient (Wildman–Crippen LogP) is 3.28. The summed E-state index contributed by atoms with van der Waals surface area (Å²) in [4.78, 5) is 8.22. The van der Waals surface area contributed by atoms with Crippen molar-refractivity contribution in [2.75, 3.05) is 5.73 Å². The molecular formula is C13H8BrFN4O. The Hall–Kier alpha value is -2.28. The molecule has 100 valence electrons. The van der Waals surface area contributed by atoms with Crippen molar-refractivity contribution < 1.29 is 8.91 Å². The topological polar surface area (TPSA) is 77.8 Å². The zero-order valence-corrected chi connectivity index (χ0v) is 11.6. The zero-order valence-electron chi connectivity index (χ0n) is 10.0. The second-order valence-corrected chi connectivity index (χ2v) is 4.91. The molecule has 0 atom stereocenters. The van der Waals surface area contributed by atoms with E-state index in [1.807, 2.05) is 0 Å². The van der Waals surface area contributed by atoms with Gasteiger partial charge < -0.3 is 10.3 Å². The van der Waals surface area contributed by atoms with Gasteiger partial charge in [-0.15, -0.1) is 0 Å². The van der Waals surface area contributed by atoms with E-state index in [1.54, 1.807) is 18.3 Å². The van der Waals surface area contributed by atoms with Crippen LogP contribution in [0.3, 0.4) is 0 Å². The molecule has 0 aliphatic carbocycles. The molecule has 2 aromatic heterocycles. The van der Waals surface area contributed by atoms with E-state index in [0.29, 0.717) is 33.0 Å². The molecule has 20 heavy (non-hydrogen) atoms. The standard InChI is InChI=1S/C13H8BrFN4O/c14-11-4-8(15)1-2-10(11)12-18-13(20-19-12)7-3-9(16)6-17-5-7/h1-6H,16H2. The van der Waals surface area contributed by atoms with Crippen LogP contribution in [0.1, 0.15) is 0 Å². The lowest BCUT2D eigenvalue weighted by molar-refractivity contribution is 0.432. The molecule has 0 saturated heterocycles. The molecule has 0 radical (unpaired) electrons. The number of nitrogens with zero attached hydrogens (tertiary/aromatic N) is 3. The van der Waals surface area contributed by atoms with Gasteiger partial charge in [-0.05, 0) is 40.2 Å². The van der Waals surface area contributed by atoms with Crippen LogP contribution < -0.4 is 5.73 Å². The third kappa shape index (κ3) is 2.39. The number of pyridine rings is 1. The summed E-state index contributed by atoms with van der Waals surface area (Å²) in [6.07, 6.45) is 3.10. The number of halogens is 2. The van der Waals surface area contributed by atoms with Crippen LogP contribution in [0.2, 0.25) is 0 Å². The highest BCUT2D eigenvalue weighted by Gasteiger charge is 2.13. The fourth-order valence-electron chi connectivity index (χ4n) is 1.70. The molecule has 3 aromatic rings. The lowest BCUT2D eigenvalue weighted by atomic mass is 10.2. The van der Waals surface area contributed by atoms with Crippen molar-refractivity contribution in [2.24, 2.45) is 0 Å². The molecule has 7 heteroatoms. The van der Waals surface area contributed by atoms with E-state index in [2.05, 4.69) is 31.1 Å². The lowest BCUT2D eigenvalue weighted by Gasteiger charge is -1.98. The molecule has 2 N–H and O–H groups in total. The number of benzene rings is 1. The Morgan fingerprint density at radius 1 is 1.20 bits per heavy atom. The molecule has 1 aromatic carbocycles. The maximum Gasteiger partial charge on any atom is 0.259 e. The van der Waals surface area contributed by atoms with Gasteiger partial charge >= 0.3 is 0 Å². The van der Waals surface area contributed by atoms with Crippen LogP contribution in [0.4, 0.5) is 10.1 Å². The Balaban J connectivity index is 2.02. The number of nitrogens with two attached hydrogens (primary N) is 1. The van der Waals surface area contributed by atoms with Gasteiger partial charge in [-0.3, -0.25) is 4.98 Å². The van der Waals surface area contributed by atoms with Crippen molar-refractivity contribution in [2.45, 2.75) is 0 Å². The van der Waals surface area contributed by atoms with E-state index in [0.717, 1.165) is 0 Å². The molecule has 0 spiro atoms. The molecule has 0 amide bonds. The Kier molecular flexibility index (Phi) is 3.19. The molecule has 0 unspecified atom stereocenters. The van der Waals surface area contributed by atoms with Gasteiger partial charge in [0.1, 0.15) is 5.82 Å². The summed E-state index contributed by atoms with van der Waals surface area (Å²) < 4.78 is 18.8. The van der Waals surface area contributed by atoms with E-state index in [9.17, 15) is 4.39 Å². The second-order valence-electron chi connectivity index (χ2n) is 4.05. The van der Waals surface area contributed by atoms with E-state index in [4.69, 9.17) is 10.3 Å². The highest BCUT2D eigenvalue weighted by molar-refractivity contribution is 9.10. The fourth-order valence-corrected chi connectivity index (χ4v) is 2.22. The Labute approximate surface area is 121 Å². The Bertz CT molecular complexity index is 775. The normalized spacial score (nSPS) is 10.7. The molecule has 0 bridgehead atoms. The number of rotatable bonds is 2. The van der Waals surface area contributed by atoms with Crippen LogP contribution in [-0.2, 0) is 0 Å². The summed E-state index contributed by atoms with van der Waals surface area (Å²) in [5.74, 6) is 0.315. The van der Waals surface area contributed by atoms with Crippen LogP contribution in [0.25, 0.3) is 22.8 Å². The first-order chi connectivity index (χ1) is 9.63. The van der Waals surface area contributed by atoms with Gasteiger partial charge in [0.25, 0.3) is 5.89 Å². The van der Waals surface area contributed by atoms with E-state index >= 15 is 0 Å². The Morgan fingerprint density at radius 3 is 2.80 bits per heavy atom. The molecule has 0 aliphatic heterocycles. The third-order valence-corrected chi connectivity index (χ3v) is 3.26. The van der Waals surface area contributed by atoms with E-state index in [1.165, 1.54) is 18.3 Å². The Morgan fingerprint density at radius 2 is 2.05 bits per heavy atom. The van der Waals surface area contributed by atoms with Crippen LogP contribution >= 0.6 is 15.9 Å². The zero-order chi connectivity index (χ0) is 14.1. The minimum Gasteiger partial charge on any atom is -0.397 e. The smallest absolute Gasteiger partial charge is 0.259 e. The lowest BCUT2D eigenvalue weighted by Crippen LogP contribution is -1.88. The summed E-state index contributed by atoms with van der Waals surface area (Å²) in [5, 5.41) is 3.88. The maximum atomic E-state index is 13.1. The number of aromatic nitrogens is 3. The van der Waals surface area contributed by atoms with Gasteiger partial charge in [0, 0.05) is 22.4 Å². The largest absolute Gasteiger partial charge is 0.397 e. The average molecular weight is 335 g/mol. The summed E-state index contributed by atoms with van der Waals surface area (Å²) in [7, 11) is 0. The monoisotopic (exact) mass is 334 g/mol. The highest BCUT2D eigenvalue weighted by Crippen LogP contribution is 2.28. The van der Waals surface area contributed by atoms with Crippen molar-refractivity contribution in [1.82, 2.24) is 15.1 Å². The SMILES string of the molecule is Nc1cncc(-c2nc(-c3ccc(F)cc3Br)no2)c1. The molecule has 0 fully saturated rings. The third-order valence-electron chi connectivity index (χ3n) is 2.60. The highest BCUT2D eigenvalue weighted by atomic mass is 79.9. The van der Waals surface area contributed by atoms with Crippen molar-refractivity contribution in [3.05, 3.63) is 46.9 Å². The first-order valence-corrected chi connectivity index (χ1v) is 6.43. The minimum absolute atomic E-state index is 0.302. The van der Waals surface area contributed by atoms with E-state index in [-0.39, 0.29) is 5.82 Å². The first-order valence-electron chi connectivity index (χ1n) is 5.63. The molecule has 3 rings (SSSR count). The van der Waals surface area contributed by atoms with Gasteiger partial charge in [0.15, 0.2) is 0 Å². The molecule has 2 heterocycles. The number of anilines is 1. The summed E-state index contributed by atoms with van der Waals surface area (Å²) in [6, 6.07) is 5.93. The molecule has 5 nitrogen and oxygen atoms in total. The van der Waals surface area contributed by atoms with Crippen molar-refractivity contribution >= 4 is 21.6 Å². The number of hydrogen-bond acceptors (Lipinski definition) is 5. The van der Waals surface area contributed by atoms with E-state index < -0.39 is 0 Å². The molecule has 0 aliphatic rings. The van der Waals surface area contributed by atoms with Crippen molar-refractivity contribution in [3.63, 3.8) is 0 Å². The molecule has 0 saturated carbocycles. The first kappa shape index (κ1) is 12.7. The summed E-state index contributed by atoms with van der Waals surface area (Å²) in [6.45, 7) is 0.